The SMILES string of the molecule is CC1(c2ccccc2)COC(=O)O/C1=N\OCc1ccccc1. The first-order valence-corrected chi connectivity index (χ1v) is 7.33. The van der Waals surface area contributed by atoms with Gasteiger partial charge < -0.3 is 14.3 Å². The Balaban J connectivity index is 1.81. The maximum atomic E-state index is 11.4. The fourth-order valence-corrected chi connectivity index (χ4v) is 2.36. The molecule has 0 N–H and O–H groups in total. The zero-order valence-electron chi connectivity index (χ0n) is 12.8. The van der Waals surface area contributed by atoms with E-state index in [2.05, 4.69) is 5.16 Å². The number of carbonyl (C=O) groups is 1. The summed E-state index contributed by atoms with van der Waals surface area (Å²) in [6.45, 7) is 2.36. The number of benzene rings is 2. The zero-order chi connectivity index (χ0) is 16.1. The molecule has 1 aliphatic rings. The zero-order valence-corrected chi connectivity index (χ0v) is 12.8. The monoisotopic (exact) mass is 311 g/mol. The van der Waals surface area contributed by atoms with Crippen molar-refractivity contribution < 1.29 is 19.1 Å². The summed E-state index contributed by atoms with van der Waals surface area (Å²) in [6, 6.07) is 19.3. The van der Waals surface area contributed by atoms with E-state index in [1.807, 2.05) is 67.6 Å². The summed E-state index contributed by atoms with van der Waals surface area (Å²) < 4.78 is 10.2. The molecular weight excluding hydrogens is 294 g/mol. The van der Waals surface area contributed by atoms with E-state index in [0.717, 1.165) is 11.1 Å². The molecule has 2 aromatic carbocycles. The second-order valence-electron chi connectivity index (χ2n) is 5.49. The van der Waals surface area contributed by atoms with Gasteiger partial charge in [-0.2, -0.15) is 0 Å². The average Bonchev–Trinajstić information content (AvgIpc) is 2.60. The van der Waals surface area contributed by atoms with Gasteiger partial charge in [-0.1, -0.05) is 60.7 Å². The summed E-state index contributed by atoms with van der Waals surface area (Å²) in [4.78, 5) is 16.8. The molecule has 23 heavy (non-hydrogen) atoms. The molecule has 3 rings (SSSR count). The van der Waals surface area contributed by atoms with Crippen molar-refractivity contribution in [1.29, 1.82) is 0 Å². The van der Waals surface area contributed by atoms with Crippen molar-refractivity contribution in [3.63, 3.8) is 0 Å². The summed E-state index contributed by atoms with van der Waals surface area (Å²) in [7, 11) is 0. The lowest BCUT2D eigenvalue weighted by atomic mass is 9.82. The third-order valence-electron chi connectivity index (χ3n) is 3.76. The summed E-state index contributed by atoms with van der Waals surface area (Å²) in [6.07, 6.45) is -0.763. The topological polar surface area (TPSA) is 57.1 Å². The number of carbonyl (C=O) groups excluding carboxylic acids is 1. The van der Waals surface area contributed by atoms with Gasteiger partial charge in [0.2, 0.25) is 0 Å². The Kier molecular flexibility index (Phi) is 4.28. The molecule has 5 nitrogen and oxygen atoms in total. The van der Waals surface area contributed by atoms with Crippen molar-refractivity contribution in [3.05, 3.63) is 71.8 Å². The quantitative estimate of drug-likeness (QED) is 0.639. The van der Waals surface area contributed by atoms with E-state index >= 15 is 0 Å². The minimum absolute atomic E-state index is 0.156. The normalized spacial score (nSPS) is 22.3. The van der Waals surface area contributed by atoms with Crippen LogP contribution >= 0.6 is 0 Å². The highest BCUT2D eigenvalue weighted by molar-refractivity contribution is 5.95. The van der Waals surface area contributed by atoms with Gasteiger partial charge in [0, 0.05) is 0 Å². The van der Waals surface area contributed by atoms with Crippen molar-refractivity contribution in [2.75, 3.05) is 6.61 Å². The summed E-state index contributed by atoms with van der Waals surface area (Å²) in [5.74, 6) is 0.205. The van der Waals surface area contributed by atoms with Crippen LogP contribution in [0, 0.1) is 0 Å². The fourth-order valence-electron chi connectivity index (χ4n) is 2.36. The molecule has 118 valence electrons. The Morgan fingerprint density at radius 3 is 2.43 bits per heavy atom. The summed E-state index contributed by atoms with van der Waals surface area (Å²) in [5, 5.41) is 4.05. The molecule has 1 unspecified atom stereocenters. The van der Waals surface area contributed by atoms with Crippen molar-refractivity contribution in [1.82, 2.24) is 0 Å². The van der Waals surface area contributed by atoms with E-state index in [9.17, 15) is 4.79 Å². The fraction of sp³-hybridized carbons (Fsp3) is 0.222. The van der Waals surface area contributed by atoms with E-state index in [0.29, 0.717) is 6.61 Å². The van der Waals surface area contributed by atoms with Gasteiger partial charge in [-0.05, 0) is 23.2 Å². The number of cyclic esters (lactones) is 2. The molecular formula is C18H17NO4. The molecule has 0 spiro atoms. The van der Waals surface area contributed by atoms with Gasteiger partial charge in [-0.3, -0.25) is 0 Å². The average molecular weight is 311 g/mol. The lowest BCUT2D eigenvalue weighted by Crippen LogP contribution is -2.45. The van der Waals surface area contributed by atoms with Gasteiger partial charge >= 0.3 is 6.16 Å². The number of hydrogen-bond acceptors (Lipinski definition) is 5. The van der Waals surface area contributed by atoms with Crippen LogP contribution in [0.1, 0.15) is 18.1 Å². The lowest BCUT2D eigenvalue weighted by molar-refractivity contribution is 0.0442. The second kappa shape index (κ2) is 6.52. The van der Waals surface area contributed by atoms with Crippen LogP contribution < -0.4 is 0 Å². The number of ether oxygens (including phenoxy) is 2. The number of hydrogen-bond donors (Lipinski definition) is 0. The molecule has 1 atom stereocenters. The molecule has 1 saturated heterocycles. The van der Waals surface area contributed by atoms with Crippen LogP contribution in [-0.2, 0) is 26.3 Å². The van der Waals surface area contributed by atoms with Gasteiger partial charge in [0.15, 0.2) is 0 Å². The standard InChI is InChI=1S/C18H17NO4/c1-18(15-10-6-3-7-11-15)13-21-17(20)23-16(18)19-22-12-14-8-4-2-5-9-14/h2-11H,12-13H2,1H3/b19-16-. The highest BCUT2D eigenvalue weighted by Gasteiger charge is 2.42. The number of nitrogens with zero attached hydrogens (tertiary/aromatic N) is 1. The van der Waals surface area contributed by atoms with Crippen LogP contribution in [0.15, 0.2) is 65.8 Å². The summed E-state index contributed by atoms with van der Waals surface area (Å²) >= 11 is 0. The Labute approximate surface area is 134 Å². The third kappa shape index (κ3) is 3.34. The second-order valence-corrected chi connectivity index (χ2v) is 5.49. The smallest absolute Gasteiger partial charge is 0.432 e. The Morgan fingerprint density at radius 1 is 1.09 bits per heavy atom. The highest BCUT2D eigenvalue weighted by Crippen LogP contribution is 2.30. The molecule has 0 aromatic heterocycles. The van der Waals surface area contributed by atoms with Crippen LogP contribution in [-0.4, -0.2) is 18.7 Å². The Bertz CT molecular complexity index is 699. The van der Waals surface area contributed by atoms with E-state index in [4.69, 9.17) is 14.3 Å². The molecule has 0 aliphatic carbocycles. The van der Waals surface area contributed by atoms with Crippen molar-refractivity contribution in [2.24, 2.45) is 5.16 Å². The maximum Gasteiger partial charge on any atom is 0.515 e. The van der Waals surface area contributed by atoms with Crippen LogP contribution in [0.3, 0.4) is 0 Å². The molecule has 0 bridgehead atoms. The first-order valence-electron chi connectivity index (χ1n) is 7.33. The van der Waals surface area contributed by atoms with Crippen LogP contribution in [0.2, 0.25) is 0 Å². The van der Waals surface area contributed by atoms with E-state index < -0.39 is 11.6 Å². The van der Waals surface area contributed by atoms with Crippen molar-refractivity contribution in [3.8, 4) is 0 Å². The van der Waals surface area contributed by atoms with E-state index in [-0.39, 0.29) is 12.5 Å². The molecule has 0 amide bonds. The molecule has 1 heterocycles. The molecule has 2 aromatic rings. The van der Waals surface area contributed by atoms with Crippen LogP contribution in [0.4, 0.5) is 4.79 Å². The van der Waals surface area contributed by atoms with Crippen molar-refractivity contribution in [2.45, 2.75) is 18.9 Å². The first-order chi connectivity index (χ1) is 11.2. The van der Waals surface area contributed by atoms with E-state index in [1.165, 1.54) is 0 Å². The minimum atomic E-state index is -0.763. The largest absolute Gasteiger partial charge is 0.515 e. The van der Waals surface area contributed by atoms with Crippen molar-refractivity contribution >= 4 is 12.1 Å². The molecule has 5 heteroatoms. The number of oxime groups is 1. The van der Waals surface area contributed by atoms with Gasteiger partial charge in [-0.25, -0.2) is 4.79 Å². The van der Waals surface area contributed by atoms with Gasteiger partial charge in [0.05, 0.1) is 0 Å². The molecule has 0 saturated carbocycles. The van der Waals surface area contributed by atoms with Gasteiger partial charge in [0.25, 0.3) is 5.90 Å². The molecule has 1 aliphatic heterocycles. The third-order valence-corrected chi connectivity index (χ3v) is 3.76. The first kappa shape index (κ1) is 15.1. The van der Waals surface area contributed by atoms with Crippen LogP contribution in [0.5, 0.6) is 0 Å². The lowest BCUT2D eigenvalue weighted by Gasteiger charge is -2.32. The van der Waals surface area contributed by atoms with Gasteiger partial charge in [-0.15, -0.1) is 0 Å². The Morgan fingerprint density at radius 2 is 1.74 bits per heavy atom. The van der Waals surface area contributed by atoms with E-state index in [1.54, 1.807) is 0 Å². The predicted octanol–water partition coefficient (Wildman–Crippen LogP) is 3.64. The molecule has 0 radical (unpaired) electrons. The maximum absolute atomic E-state index is 11.4. The predicted molar refractivity (Wildman–Crippen MR) is 84.9 cm³/mol. The molecule has 1 fully saturated rings. The number of rotatable bonds is 4. The summed E-state index contributed by atoms with van der Waals surface area (Å²) in [5.41, 5.74) is 1.25. The van der Waals surface area contributed by atoms with Gasteiger partial charge in [0.1, 0.15) is 18.6 Å². The van der Waals surface area contributed by atoms with Crippen LogP contribution in [0.25, 0.3) is 0 Å². The minimum Gasteiger partial charge on any atom is -0.432 e. The highest BCUT2D eigenvalue weighted by atomic mass is 16.7. The Hall–Kier alpha value is -2.82.